The molecule has 2 rings (SSSR count). The third-order valence-corrected chi connectivity index (χ3v) is 5.72. The fourth-order valence-corrected chi connectivity index (χ4v) is 4.00. The average molecular weight is 342 g/mol. The minimum absolute atomic E-state index is 0.0126. The van der Waals surface area contributed by atoms with Gasteiger partial charge in [0.15, 0.2) is 0 Å². The van der Waals surface area contributed by atoms with Crippen LogP contribution in [0, 0.1) is 12.8 Å². The molecule has 1 atom stereocenters. The van der Waals surface area contributed by atoms with Gasteiger partial charge in [0.05, 0.1) is 18.0 Å². The summed E-state index contributed by atoms with van der Waals surface area (Å²) < 4.78 is 26.2. The Labute approximate surface area is 138 Å². The van der Waals surface area contributed by atoms with Gasteiger partial charge in [-0.3, -0.25) is 9.48 Å². The van der Waals surface area contributed by atoms with Gasteiger partial charge in [-0.2, -0.15) is 5.10 Å². The second kappa shape index (κ2) is 7.00. The minimum Gasteiger partial charge on any atom is -0.349 e. The third-order valence-electron chi connectivity index (χ3n) is 4.41. The third kappa shape index (κ3) is 4.78. The maximum absolute atomic E-state index is 12.2. The van der Waals surface area contributed by atoms with E-state index in [-0.39, 0.29) is 17.9 Å². The van der Waals surface area contributed by atoms with Crippen molar-refractivity contribution in [2.75, 3.05) is 19.3 Å². The zero-order chi connectivity index (χ0) is 17.2. The van der Waals surface area contributed by atoms with Crippen LogP contribution in [-0.4, -0.2) is 47.8 Å². The lowest BCUT2D eigenvalue weighted by Crippen LogP contribution is -2.39. The minimum atomic E-state index is -3.11. The number of aryl methyl sites for hydroxylation is 2. The van der Waals surface area contributed by atoms with Gasteiger partial charge in [-0.05, 0) is 32.6 Å². The van der Waals surface area contributed by atoms with Crippen LogP contribution in [-0.2, 0) is 21.9 Å². The molecule has 1 aliphatic rings. The molecule has 1 aromatic rings. The molecule has 0 aromatic carbocycles. The van der Waals surface area contributed by atoms with E-state index in [1.807, 2.05) is 27.1 Å². The van der Waals surface area contributed by atoms with Crippen molar-refractivity contribution in [2.24, 2.45) is 13.0 Å². The highest BCUT2D eigenvalue weighted by Crippen LogP contribution is 2.23. The average Bonchev–Trinajstić information content (AvgIpc) is 2.77. The summed E-state index contributed by atoms with van der Waals surface area (Å²) in [5.41, 5.74) is 1.94. The highest BCUT2D eigenvalue weighted by molar-refractivity contribution is 7.88. The largest absolute Gasteiger partial charge is 0.349 e. The monoisotopic (exact) mass is 342 g/mol. The van der Waals surface area contributed by atoms with E-state index in [1.54, 1.807) is 4.68 Å². The molecule has 1 saturated heterocycles. The van der Waals surface area contributed by atoms with E-state index >= 15 is 0 Å². The highest BCUT2D eigenvalue weighted by atomic mass is 32.2. The van der Waals surface area contributed by atoms with Crippen LogP contribution in [0.2, 0.25) is 0 Å². The first-order valence-electron chi connectivity index (χ1n) is 7.91. The number of amides is 1. The van der Waals surface area contributed by atoms with Crippen molar-refractivity contribution in [1.29, 1.82) is 0 Å². The van der Waals surface area contributed by atoms with E-state index in [0.29, 0.717) is 19.5 Å². The van der Waals surface area contributed by atoms with Crippen molar-refractivity contribution in [2.45, 2.75) is 39.2 Å². The summed E-state index contributed by atoms with van der Waals surface area (Å²) in [6.07, 6.45) is 5.08. The van der Waals surface area contributed by atoms with Crippen molar-refractivity contribution in [3.05, 3.63) is 17.5 Å². The first kappa shape index (κ1) is 17.9. The number of nitrogens with one attached hydrogen (secondary N) is 1. The van der Waals surface area contributed by atoms with Crippen molar-refractivity contribution < 1.29 is 13.2 Å². The summed E-state index contributed by atoms with van der Waals surface area (Å²) in [6, 6.07) is -0.0766. The molecule has 0 unspecified atom stereocenters. The van der Waals surface area contributed by atoms with Crippen LogP contribution in [0.1, 0.15) is 43.5 Å². The first-order chi connectivity index (χ1) is 10.7. The number of carbonyl (C=O) groups excluding carboxylic acids is 1. The summed E-state index contributed by atoms with van der Waals surface area (Å²) >= 11 is 0. The lowest BCUT2D eigenvalue weighted by atomic mass is 9.94. The SMILES string of the molecule is Cc1nn(C)cc1[C@@H](C)NC(=O)CC1CCN(S(C)(=O)=O)CC1. The topological polar surface area (TPSA) is 84.3 Å². The highest BCUT2D eigenvalue weighted by Gasteiger charge is 2.26. The molecule has 7 nitrogen and oxygen atoms in total. The molecule has 0 spiro atoms. The van der Waals surface area contributed by atoms with E-state index in [1.165, 1.54) is 10.6 Å². The molecule has 0 aliphatic carbocycles. The molecule has 1 N–H and O–H groups in total. The Hall–Kier alpha value is -1.41. The van der Waals surface area contributed by atoms with Crippen LogP contribution >= 0.6 is 0 Å². The van der Waals surface area contributed by atoms with Gasteiger partial charge in [0.2, 0.25) is 15.9 Å². The van der Waals surface area contributed by atoms with E-state index in [0.717, 1.165) is 24.1 Å². The molecule has 23 heavy (non-hydrogen) atoms. The molecule has 130 valence electrons. The van der Waals surface area contributed by atoms with Crippen LogP contribution in [0.3, 0.4) is 0 Å². The molecular weight excluding hydrogens is 316 g/mol. The molecule has 0 radical (unpaired) electrons. The van der Waals surface area contributed by atoms with Gasteiger partial charge in [0, 0.05) is 38.3 Å². The summed E-state index contributed by atoms with van der Waals surface area (Å²) in [7, 11) is -1.25. The van der Waals surface area contributed by atoms with Crippen LogP contribution in [0.5, 0.6) is 0 Å². The van der Waals surface area contributed by atoms with Gasteiger partial charge in [0.25, 0.3) is 0 Å². The van der Waals surface area contributed by atoms with Crippen LogP contribution in [0.4, 0.5) is 0 Å². The van der Waals surface area contributed by atoms with Crippen molar-refractivity contribution in [3.8, 4) is 0 Å². The van der Waals surface area contributed by atoms with Crippen molar-refractivity contribution >= 4 is 15.9 Å². The van der Waals surface area contributed by atoms with E-state index in [9.17, 15) is 13.2 Å². The molecule has 0 saturated carbocycles. The lowest BCUT2D eigenvalue weighted by Gasteiger charge is -2.30. The normalized spacial score (nSPS) is 18.8. The molecule has 8 heteroatoms. The fourth-order valence-electron chi connectivity index (χ4n) is 3.13. The Morgan fingerprint density at radius 2 is 2.04 bits per heavy atom. The lowest BCUT2D eigenvalue weighted by molar-refractivity contribution is -0.122. The predicted octanol–water partition coefficient (Wildman–Crippen LogP) is 0.967. The quantitative estimate of drug-likeness (QED) is 0.864. The van der Waals surface area contributed by atoms with Gasteiger partial charge < -0.3 is 5.32 Å². The van der Waals surface area contributed by atoms with Crippen molar-refractivity contribution in [1.82, 2.24) is 19.4 Å². The van der Waals surface area contributed by atoms with Crippen molar-refractivity contribution in [3.63, 3.8) is 0 Å². The molecular formula is C15H26N4O3S. The molecule has 1 aliphatic heterocycles. The fraction of sp³-hybridized carbons (Fsp3) is 0.733. The number of hydrogen-bond donors (Lipinski definition) is 1. The Morgan fingerprint density at radius 3 is 2.52 bits per heavy atom. The molecule has 0 bridgehead atoms. The number of hydrogen-bond acceptors (Lipinski definition) is 4. The summed E-state index contributed by atoms with van der Waals surface area (Å²) in [6.45, 7) is 4.90. The zero-order valence-corrected chi connectivity index (χ0v) is 15.1. The number of nitrogens with zero attached hydrogens (tertiary/aromatic N) is 3. The van der Waals surface area contributed by atoms with Gasteiger partial charge in [-0.25, -0.2) is 12.7 Å². The second-order valence-electron chi connectivity index (χ2n) is 6.44. The predicted molar refractivity (Wildman–Crippen MR) is 88.3 cm³/mol. The number of rotatable bonds is 5. The van der Waals surface area contributed by atoms with Gasteiger partial charge in [-0.15, -0.1) is 0 Å². The molecule has 1 amide bonds. The summed E-state index contributed by atoms with van der Waals surface area (Å²) in [5, 5.41) is 7.30. The maximum Gasteiger partial charge on any atom is 0.220 e. The van der Waals surface area contributed by atoms with Crippen LogP contribution in [0.15, 0.2) is 6.20 Å². The Kier molecular flexibility index (Phi) is 5.46. The Morgan fingerprint density at radius 1 is 1.43 bits per heavy atom. The summed E-state index contributed by atoms with van der Waals surface area (Å²) in [5.74, 6) is 0.258. The molecule has 1 fully saturated rings. The molecule has 2 heterocycles. The zero-order valence-electron chi connectivity index (χ0n) is 14.2. The number of aromatic nitrogens is 2. The van der Waals surface area contributed by atoms with E-state index in [2.05, 4.69) is 10.4 Å². The molecule has 1 aromatic heterocycles. The van der Waals surface area contributed by atoms with Crippen LogP contribution in [0.25, 0.3) is 0 Å². The summed E-state index contributed by atoms with van der Waals surface area (Å²) in [4.78, 5) is 12.2. The Bertz CT molecular complexity index is 660. The van der Waals surface area contributed by atoms with Gasteiger partial charge in [0.1, 0.15) is 0 Å². The number of carbonyl (C=O) groups is 1. The van der Waals surface area contributed by atoms with Crippen LogP contribution < -0.4 is 5.32 Å². The van der Waals surface area contributed by atoms with E-state index < -0.39 is 10.0 Å². The standard InChI is InChI=1S/C15H26N4O3S/c1-11(14-10-18(3)17-12(14)2)16-15(20)9-13-5-7-19(8-6-13)23(4,21)22/h10-11,13H,5-9H2,1-4H3,(H,16,20)/t11-/m1/s1. The van der Waals surface area contributed by atoms with E-state index in [4.69, 9.17) is 0 Å². The smallest absolute Gasteiger partial charge is 0.220 e. The first-order valence-corrected chi connectivity index (χ1v) is 9.76. The van der Waals surface area contributed by atoms with Gasteiger partial charge in [-0.1, -0.05) is 0 Å². The number of sulfonamides is 1. The second-order valence-corrected chi connectivity index (χ2v) is 8.42. The number of piperidine rings is 1. The maximum atomic E-state index is 12.2. The van der Waals surface area contributed by atoms with Gasteiger partial charge >= 0.3 is 0 Å². The Balaban J connectivity index is 1.83.